The van der Waals surface area contributed by atoms with E-state index in [1.807, 2.05) is 49.3 Å². The van der Waals surface area contributed by atoms with Gasteiger partial charge in [-0.15, -0.1) is 0 Å². The summed E-state index contributed by atoms with van der Waals surface area (Å²) in [4.78, 5) is 38.8. The number of nitriles is 1. The summed E-state index contributed by atoms with van der Waals surface area (Å²) < 4.78 is 1.74. The van der Waals surface area contributed by atoms with Crippen LogP contribution in [0.25, 0.3) is 11.1 Å². The Balaban J connectivity index is 1.16. The van der Waals surface area contributed by atoms with Gasteiger partial charge in [-0.3, -0.25) is 19.4 Å². The predicted octanol–water partition coefficient (Wildman–Crippen LogP) is 5.06. The number of carbonyl (C=O) groups is 1. The monoisotopic (exact) mass is 585 g/mol. The smallest absolute Gasteiger partial charge is 0.232 e. The van der Waals surface area contributed by atoms with E-state index < -0.39 is 0 Å². The maximum atomic E-state index is 13.8. The molecular formula is C34H35N9O. The lowest BCUT2D eigenvalue weighted by molar-refractivity contribution is -0.119. The van der Waals surface area contributed by atoms with Crippen LogP contribution in [0.2, 0.25) is 0 Å². The molecule has 0 N–H and O–H groups in total. The van der Waals surface area contributed by atoms with Crippen molar-refractivity contribution in [3.8, 4) is 17.2 Å². The van der Waals surface area contributed by atoms with E-state index in [4.69, 9.17) is 4.98 Å². The molecule has 1 amide bonds. The van der Waals surface area contributed by atoms with Crippen molar-refractivity contribution in [3.05, 3.63) is 95.6 Å². The molecule has 4 heterocycles. The fraction of sp³-hybridized carbons (Fsp3) is 0.353. The Morgan fingerprint density at radius 3 is 2.45 bits per heavy atom. The molecule has 44 heavy (non-hydrogen) atoms. The van der Waals surface area contributed by atoms with Crippen LogP contribution >= 0.6 is 0 Å². The summed E-state index contributed by atoms with van der Waals surface area (Å²) in [6, 6.07) is 12.3. The van der Waals surface area contributed by atoms with Crippen molar-refractivity contribution in [2.45, 2.75) is 57.9 Å². The molecule has 3 aromatic heterocycles. The number of allylic oxidation sites excluding steroid dienone is 1. The highest BCUT2D eigenvalue weighted by molar-refractivity contribution is 6.13. The third-order valence-electron chi connectivity index (χ3n) is 8.49. The number of benzene rings is 1. The van der Waals surface area contributed by atoms with Crippen molar-refractivity contribution >= 4 is 17.6 Å². The van der Waals surface area contributed by atoms with Crippen LogP contribution in [0.3, 0.4) is 0 Å². The van der Waals surface area contributed by atoms with E-state index in [9.17, 15) is 10.1 Å². The second-order valence-corrected chi connectivity index (χ2v) is 11.5. The van der Waals surface area contributed by atoms with Crippen molar-refractivity contribution < 1.29 is 4.79 Å². The summed E-state index contributed by atoms with van der Waals surface area (Å²) in [5.74, 6) is 1.59. The molecule has 0 atom stereocenters. The Labute approximate surface area is 257 Å². The zero-order chi connectivity index (χ0) is 30.5. The quantitative estimate of drug-likeness (QED) is 0.269. The predicted molar refractivity (Wildman–Crippen MR) is 168 cm³/mol. The van der Waals surface area contributed by atoms with Crippen LogP contribution in [-0.2, 0) is 24.7 Å². The first kappa shape index (κ1) is 29.1. The lowest BCUT2D eigenvalue weighted by Gasteiger charge is -2.35. The van der Waals surface area contributed by atoms with Gasteiger partial charge in [0.2, 0.25) is 11.9 Å². The summed E-state index contributed by atoms with van der Waals surface area (Å²) in [5, 5.41) is 13.9. The van der Waals surface area contributed by atoms with E-state index in [2.05, 4.69) is 43.2 Å². The zero-order valence-corrected chi connectivity index (χ0v) is 25.1. The van der Waals surface area contributed by atoms with Crippen LogP contribution in [0.5, 0.6) is 0 Å². The van der Waals surface area contributed by atoms with Crippen molar-refractivity contribution in [1.29, 1.82) is 5.26 Å². The van der Waals surface area contributed by atoms with Crippen molar-refractivity contribution in [2.24, 2.45) is 18.0 Å². The number of aliphatic imine (C=N–C) groups is 1. The lowest BCUT2D eigenvalue weighted by Crippen LogP contribution is -2.44. The van der Waals surface area contributed by atoms with Gasteiger partial charge in [-0.2, -0.15) is 10.4 Å². The second-order valence-electron chi connectivity index (χ2n) is 11.5. The molecule has 1 aromatic carbocycles. The number of aryl methyl sites for hydroxylation is 2. The fourth-order valence-electron chi connectivity index (χ4n) is 6.06. The van der Waals surface area contributed by atoms with Crippen LogP contribution in [0.4, 0.5) is 5.95 Å². The Bertz CT molecular complexity index is 1730. The van der Waals surface area contributed by atoms with Gasteiger partial charge in [0, 0.05) is 61.8 Å². The van der Waals surface area contributed by atoms with Gasteiger partial charge >= 0.3 is 0 Å². The lowest BCUT2D eigenvalue weighted by atomic mass is 9.83. The molecule has 222 valence electrons. The SMILES string of the molecule is CC1=CCN=C1c1nc(CC2CCC(N(C(=O)CCc3ccccc3)c3ncc(-c4cnn(C)c4)cn3)CC2)ncc1C#N. The van der Waals surface area contributed by atoms with Crippen LogP contribution in [0.15, 0.2) is 78.0 Å². The Morgan fingerprint density at radius 1 is 1.02 bits per heavy atom. The molecule has 1 fully saturated rings. The van der Waals surface area contributed by atoms with Crippen molar-refractivity contribution in [3.63, 3.8) is 0 Å². The molecule has 0 unspecified atom stereocenters. The highest BCUT2D eigenvalue weighted by atomic mass is 16.2. The van der Waals surface area contributed by atoms with Gasteiger partial charge in [-0.1, -0.05) is 36.4 Å². The third-order valence-corrected chi connectivity index (χ3v) is 8.49. The van der Waals surface area contributed by atoms with Gasteiger partial charge in [-0.05, 0) is 56.1 Å². The largest absolute Gasteiger partial charge is 0.279 e. The maximum Gasteiger partial charge on any atom is 0.232 e. The molecule has 4 aromatic rings. The van der Waals surface area contributed by atoms with Crippen LogP contribution in [0.1, 0.15) is 61.7 Å². The molecule has 0 spiro atoms. The highest BCUT2D eigenvalue weighted by Gasteiger charge is 2.32. The average molecular weight is 586 g/mol. The molecule has 0 bridgehead atoms. The van der Waals surface area contributed by atoms with Gasteiger partial charge in [0.1, 0.15) is 17.6 Å². The third kappa shape index (κ3) is 6.47. The number of rotatable bonds is 9. The van der Waals surface area contributed by atoms with Gasteiger partial charge < -0.3 is 0 Å². The number of carbonyl (C=O) groups excluding carboxylic acids is 1. The van der Waals surface area contributed by atoms with E-state index in [1.165, 1.54) is 0 Å². The average Bonchev–Trinajstić information content (AvgIpc) is 3.69. The minimum Gasteiger partial charge on any atom is -0.279 e. The number of aromatic nitrogens is 6. The first-order valence-electron chi connectivity index (χ1n) is 15.1. The number of amides is 1. The van der Waals surface area contributed by atoms with E-state index in [0.717, 1.165) is 65.9 Å². The van der Waals surface area contributed by atoms with Crippen LogP contribution < -0.4 is 4.90 Å². The van der Waals surface area contributed by atoms with E-state index >= 15 is 0 Å². The standard InChI is InChI=1S/C34H35N9O/c1-23-14-15-36-32(23)33-26(17-35)18-37-30(41-33)16-25-8-11-29(12-9-25)43(31(44)13-10-24-6-4-3-5-7-24)34-38-19-27(20-39-34)28-21-40-42(2)22-28/h3-7,14,18-22,25,29H,8-13,15-16H2,1-2H3. The molecule has 1 aliphatic carbocycles. The molecule has 0 radical (unpaired) electrons. The molecular weight excluding hydrogens is 550 g/mol. The van der Waals surface area contributed by atoms with E-state index in [0.29, 0.717) is 42.5 Å². The van der Waals surface area contributed by atoms with Gasteiger partial charge in [0.05, 0.1) is 24.0 Å². The summed E-state index contributed by atoms with van der Waals surface area (Å²) in [5.41, 5.74) is 5.82. The van der Waals surface area contributed by atoms with Crippen LogP contribution in [-0.4, -0.2) is 53.9 Å². The minimum atomic E-state index is 0.0110. The fourth-order valence-corrected chi connectivity index (χ4v) is 6.06. The summed E-state index contributed by atoms with van der Waals surface area (Å²) in [7, 11) is 1.87. The minimum absolute atomic E-state index is 0.0110. The molecule has 6 rings (SSSR count). The van der Waals surface area contributed by atoms with Gasteiger partial charge in [-0.25, -0.2) is 19.9 Å². The normalized spacial score (nSPS) is 17.9. The Hall–Kier alpha value is -5.04. The van der Waals surface area contributed by atoms with Gasteiger partial charge in [0.15, 0.2) is 0 Å². The molecule has 1 aliphatic heterocycles. The van der Waals surface area contributed by atoms with E-state index in [1.54, 1.807) is 29.5 Å². The first-order valence-corrected chi connectivity index (χ1v) is 15.1. The molecule has 1 saturated carbocycles. The number of nitrogens with zero attached hydrogens (tertiary/aromatic N) is 9. The van der Waals surface area contributed by atoms with Crippen molar-refractivity contribution in [2.75, 3.05) is 11.4 Å². The topological polar surface area (TPSA) is 126 Å². The second kappa shape index (κ2) is 13.1. The summed E-state index contributed by atoms with van der Waals surface area (Å²) in [6.07, 6.45) is 16.2. The Morgan fingerprint density at radius 2 is 1.80 bits per heavy atom. The van der Waals surface area contributed by atoms with E-state index in [-0.39, 0.29) is 11.9 Å². The van der Waals surface area contributed by atoms with Gasteiger partial charge in [0.25, 0.3) is 0 Å². The molecule has 10 heteroatoms. The zero-order valence-electron chi connectivity index (χ0n) is 25.1. The number of hydrogen-bond acceptors (Lipinski definition) is 8. The van der Waals surface area contributed by atoms with Crippen LogP contribution in [0, 0.1) is 17.2 Å². The maximum absolute atomic E-state index is 13.8. The van der Waals surface area contributed by atoms with Crippen molar-refractivity contribution in [1.82, 2.24) is 29.7 Å². The number of anilines is 1. The number of hydrogen-bond donors (Lipinski definition) is 0. The first-order chi connectivity index (χ1) is 21.5. The molecule has 10 nitrogen and oxygen atoms in total. The highest BCUT2D eigenvalue weighted by Crippen LogP contribution is 2.32. The summed E-state index contributed by atoms with van der Waals surface area (Å²) in [6.45, 7) is 2.62. The molecule has 0 saturated heterocycles. The Kier molecular flexibility index (Phi) is 8.64. The molecule has 2 aliphatic rings. The summed E-state index contributed by atoms with van der Waals surface area (Å²) >= 11 is 0.